The second-order valence-corrected chi connectivity index (χ2v) is 10.0. The van der Waals surface area contributed by atoms with Crippen molar-refractivity contribution in [2.24, 2.45) is 0 Å². The number of carboxylic acid groups (broad SMARTS) is 1. The average Bonchev–Trinajstić information content (AvgIpc) is 3.10. The monoisotopic (exact) mass is 430 g/mol. The van der Waals surface area contributed by atoms with Crippen LogP contribution in [0.1, 0.15) is 25.1 Å². The van der Waals surface area contributed by atoms with Crippen LogP contribution in [-0.4, -0.2) is 47.3 Å². The lowest BCUT2D eigenvalue weighted by molar-refractivity contribution is -0.137. The van der Waals surface area contributed by atoms with Gasteiger partial charge in [0.05, 0.1) is 23.8 Å². The largest absolute Gasteiger partial charge is 0.481 e. The van der Waals surface area contributed by atoms with E-state index >= 15 is 0 Å². The van der Waals surface area contributed by atoms with Crippen molar-refractivity contribution in [3.05, 3.63) is 48.0 Å². The third-order valence-electron chi connectivity index (χ3n) is 3.90. The summed E-state index contributed by atoms with van der Waals surface area (Å²) in [5.74, 6) is -1.37. The molecule has 0 amide bonds. The van der Waals surface area contributed by atoms with Crippen LogP contribution in [0.25, 0.3) is 0 Å². The molecule has 0 bridgehead atoms. The molecule has 1 atom stereocenters. The standard InChI is InChI=1S/C17H23N2O7PS/c1-4-25-27(22,26-5-2)16(17(20)21)10-14-11-19(12-18-14)28(23,24)15-8-6-13(3)7-9-15/h6-9,11-12,16H,4-5,10H2,1-3H3,(H,20,21). The zero-order valence-corrected chi connectivity index (χ0v) is 17.5. The minimum absolute atomic E-state index is 0.0112. The molecule has 0 radical (unpaired) electrons. The fourth-order valence-electron chi connectivity index (χ4n) is 2.52. The van der Waals surface area contributed by atoms with Gasteiger partial charge in [-0.1, -0.05) is 17.7 Å². The molecule has 0 fully saturated rings. The topological polar surface area (TPSA) is 125 Å². The van der Waals surface area contributed by atoms with Crippen LogP contribution in [0.3, 0.4) is 0 Å². The average molecular weight is 430 g/mol. The fourth-order valence-corrected chi connectivity index (χ4v) is 5.51. The van der Waals surface area contributed by atoms with Gasteiger partial charge in [-0.15, -0.1) is 0 Å². The van der Waals surface area contributed by atoms with Crippen LogP contribution in [-0.2, 0) is 34.9 Å². The van der Waals surface area contributed by atoms with Crippen molar-refractivity contribution in [2.45, 2.75) is 37.7 Å². The summed E-state index contributed by atoms with van der Waals surface area (Å²) in [6.07, 6.45) is 1.98. The Balaban J connectivity index is 2.32. The molecular weight excluding hydrogens is 407 g/mol. The van der Waals surface area contributed by atoms with Gasteiger partial charge >= 0.3 is 13.6 Å². The van der Waals surface area contributed by atoms with Gasteiger partial charge in [-0.3, -0.25) is 9.36 Å². The zero-order valence-electron chi connectivity index (χ0n) is 15.8. The number of aromatic nitrogens is 2. The van der Waals surface area contributed by atoms with Crippen LogP contribution in [0.2, 0.25) is 0 Å². The molecule has 154 valence electrons. The van der Waals surface area contributed by atoms with Crippen molar-refractivity contribution in [2.75, 3.05) is 13.2 Å². The van der Waals surface area contributed by atoms with E-state index in [1.165, 1.54) is 18.3 Å². The Bertz CT molecular complexity index is 960. The summed E-state index contributed by atoms with van der Waals surface area (Å²) in [5.41, 5.74) is -0.447. The highest BCUT2D eigenvalue weighted by Crippen LogP contribution is 2.54. The molecule has 0 aliphatic rings. The van der Waals surface area contributed by atoms with Gasteiger partial charge in [-0.2, -0.15) is 0 Å². The summed E-state index contributed by atoms with van der Waals surface area (Å²) < 4.78 is 49.3. The number of nitrogens with zero attached hydrogens (tertiary/aromatic N) is 2. The van der Waals surface area contributed by atoms with E-state index in [9.17, 15) is 22.9 Å². The molecule has 11 heteroatoms. The molecular formula is C17H23N2O7PS. The van der Waals surface area contributed by atoms with Crippen molar-refractivity contribution >= 4 is 23.6 Å². The van der Waals surface area contributed by atoms with E-state index in [1.807, 2.05) is 6.92 Å². The van der Waals surface area contributed by atoms with Gasteiger partial charge in [-0.05, 0) is 32.9 Å². The first kappa shape index (κ1) is 22.3. The predicted octanol–water partition coefficient (Wildman–Crippen LogP) is 2.69. The molecule has 1 heterocycles. The fraction of sp³-hybridized carbons (Fsp3) is 0.412. The Labute approximate surface area is 163 Å². The maximum Gasteiger partial charge on any atom is 0.345 e. The second kappa shape index (κ2) is 9.00. The first-order valence-corrected chi connectivity index (χ1v) is 11.7. The maximum absolute atomic E-state index is 12.8. The van der Waals surface area contributed by atoms with Crippen molar-refractivity contribution in [1.29, 1.82) is 0 Å². The molecule has 0 aliphatic heterocycles. The molecule has 28 heavy (non-hydrogen) atoms. The van der Waals surface area contributed by atoms with Gasteiger partial charge in [-0.25, -0.2) is 17.4 Å². The third-order valence-corrected chi connectivity index (χ3v) is 7.92. The van der Waals surface area contributed by atoms with Crippen molar-refractivity contribution in [3.63, 3.8) is 0 Å². The minimum Gasteiger partial charge on any atom is -0.481 e. The van der Waals surface area contributed by atoms with Crippen LogP contribution in [0.15, 0.2) is 41.7 Å². The van der Waals surface area contributed by atoms with E-state index in [1.54, 1.807) is 26.0 Å². The molecule has 0 spiro atoms. The Kier molecular flexibility index (Phi) is 7.16. The maximum atomic E-state index is 12.8. The Morgan fingerprint density at radius 1 is 1.21 bits per heavy atom. The predicted molar refractivity (Wildman–Crippen MR) is 102 cm³/mol. The van der Waals surface area contributed by atoms with Gasteiger partial charge in [0, 0.05) is 12.6 Å². The van der Waals surface area contributed by atoms with Gasteiger partial charge < -0.3 is 14.2 Å². The van der Waals surface area contributed by atoms with Gasteiger partial charge in [0.25, 0.3) is 10.0 Å². The molecule has 2 rings (SSSR count). The highest BCUT2D eigenvalue weighted by atomic mass is 32.2. The van der Waals surface area contributed by atoms with Crippen LogP contribution < -0.4 is 0 Å². The van der Waals surface area contributed by atoms with Crippen molar-refractivity contribution in [1.82, 2.24) is 8.96 Å². The molecule has 1 aromatic carbocycles. The number of rotatable bonds is 10. The van der Waals surface area contributed by atoms with E-state index in [0.717, 1.165) is 15.9 Å². The molecule has 0 aliphatic carbocycles. The Hall–Kier alpha value is -2.00. The van der Waals surface area contributed by atoms with E-state index in [0.29, 0.717) is 0 Å². The first-order valence-electron chi connectivity index (χ1n) is 8.60. The molecule has 2 aromatic rings. The number of imidazole rings is 1. The van der Waals surface area contributed by atoms with Gasteiger partial charge in [0.1, 0.15) is 6.33 Å². The van der Waals surface area contributed by atoms with E-state index in [-0.39, 0.29) is 30.2 Å². The molecule has 1 unspecified atom stereocenters. The van der Waals surface area contributed by atoms with E-state index in [4.69, 9.17) is 9.05 Å². The number of aliphatic carboxylic acids is 1. The summed E-state index contributed by atoms with van der Waals surface area (Å²) in [6, 6.07) is 6.29. The van der Waals surface area contributed by atoms with Crippen LogP contribution in [0.5, 0.6) is 0 Å². The highest BCUT2D eigenvalue weighted by molar-refractivity contribution is 7.90. The quantitative estimate of drug-likeness (QED) is 0.571. The molecule has 0 saturated heterocycles. The SMILES string of the molecule is CCOP(=O)(OCC)C(Cc1cn(S(=O)(=O)c2ccc(C)cc2)cn1)C(=O)O. The molecule has 9 nitrogen and oxygen atoms in total. The number of carbonyl (C=O) groups is 1. The van der Waals surface area contributed by atoms with Crippen LogP contribution >= 0.6 is 7.60 Å². The highest BCUT2D eigenvalue weighted by Gasteiger charge is 2.41. The number of hydrogen-bond acceptors (Lipinski definition) is 7. The second-order valence-electron chi connectivity index (χ2n) is 5.95. The number of carboxylic acids is 1. The third kappa shape index (κ3) is 4.88. The normalized spacial score (nSPS) is 13.4. The van der Waals surface area contributed by atoms with Gasteiger partial charge in [0.2, 0.25) is 0 Å². The van der Waals surface area contributed by atoms with Gasteiger partial charge in [0.15, 0.2) is 5.66 Å². The molecule has 0 saturated carbocycles. The van der Waals surface area contributed by atoms with Crippen molar-refractivity contribution < 1.29 is 31.9 Å². The number of aryl methyl sites for hydroxylation is 1. The Morgan fingerprint density at radius 3 is 2.29 bits per heavy atom. The lowest BCUT2D eigenvalue weighted by Gasteiger charge is -2.22. The van der Waals surface area contributed by atoms with Crippen LogP contribution in [0.4, 0.5) is 0 Å². The Morgan fingerprint density at radius 2 is 1.79 bits per heavy atom. The smallest absolute Gasteiger partial charge is 0.345 e. The molecule has 1 N–H and O–H groups in total. The summed E-state index contributed by atoms with van der Waals surface area (Å²) >= 11 is 0. The summed E-state index contributed by atoms with van der Waals surface area (Å²) in [4.78, 5) is 15.7. The lowest BCUT2D eigenvalue weighted by Crippen LogP contribution is -2.26. The summed E-state index contributed by atoms with van der Waals surface area (Å²) in [6.45, 7) is 5.02. The number of benzene rings is 1. The number of hydrogen-bond donors (Lipinski definition) is 1. The van der Waals surface area contributed by atoms with E-state index < -0.39 is 29.2 Å². The van der Waals surface area contributed by atoms with Crippen molar-refractivity contribution in [3.8, 4) is 0 Å². The minimum atomic E-state index is -3.94. The summed E-state index contributed by atoms with van der Waals surface area (Å²) in [5, 5.41) is 9.51. The lowest BCUT2D eigenvalue weighted by atomic mass is 10.2. The van der Waals surface area contributed by atoms with Crippen LogP contribution in [0, 0.1) is 6.92 Å². The van der Waals surface area contributed by atoms with E-state index in [2.05, 4.69) is 4.98 Å². The zero-order chi connectivity index (χ0) is 20.9. The molecule has 1 aromatic heterocycles. The first-order chi connectivity index (χ1) is 13.1. The summed E-state index contributed by atoms with van der Waals surface area (Å²) in [7, 11) is -7.82.